The Labute approximate surface area is 115 Å². The number of carbonyl (C=O) groups excluding carboxylic acids is 1. The normalized spacial score (nSPS) is 11.1. The van der Waals surface area contributed by atoms with E-state index in [0.717, 1.165) is 7.11 Å². The van der Waals surface area contributed by atoms with E-state index < -0.39 is 16.3 Å². The number of ether oxygens (including phenoxy) is 1. The standard InChI is InChI=1S/C11H12N4O4S/c1-19-11(16)15-20(17,18)14-9-5-4-8(12)10-7(9)3-2-6-13-10/h2-6,14H,12H2,1H3,(H,15,16). The number of nitrogens with one attached hydrogen (secondary N) is 2. The van der Waals surface area contributed by atoms with Crippen molar-refractivity contribution in [2.45, 2.75) is 0 Å². The van der Waals surface area contributed by atoms with Crippen molar-refractivity contribution < 1.29 is 17.9 Å². The highest BCUT2D eigenvalue weighted by Gasteiger charge is 2.16. The summed E-state index contributed by atoms with van der Waals surface area (Å²) in [6.07, 6.45) is 0.458. The maximum atomic E-state index is 11.7. The van der Waals surface area contributed by atoms with Gasteiger partial charge in [0.05, 0.1) is 24.0 Å². The number of aromatic nitrogens is 1. The third-order valence-corrected chi connectivity index (χ3v) is 3.37. The summed E-state index contributed by atoms with van der Waals surface area (Å²) in [5.41, 5.74) is 6.89. The maximum Gasteiger partial charge on any atom is 0.422 e. The number of methoxy groups -OCH3 is 1. The van der Waals surface area contributed by atoms with Crippen LogP contribution in [-0.4, -0.2) is 26.6 Å². The molecule has 0 aliphatic rings. The quantitative estimate of drug-likeness (QED) is 0.721. The summed E-state index contributed by atoms with van der Waals surface area (Å²) in [7, 11) is -3.03. The molecule has 1 aromatic carbocycles. The van der Waals surface area contributed by atoms with E-state index in [4.69, 9.17) is 5.73 Å². The van der Waals surface area contributed by atoms with Crippen LogP contribution in [0.2, 0.25) is 0 Å². The summed E-state index contributed by atoms with van der Waals surface area (Å²) in [6, 6.07) is 6.31. The van der Waals surface area contributed by atoms with Crippen LogP contribution in [0.1, 0.15) is 0 Å². The Morgan fingerprint density at radius 1 is 1.35 bits per heavy atom. The van der Waals surface area contributed by atoms with E-state index in [1.54, 1.807) is 23.1 Å². The molecule has 1 heterocycles. The van der Waals surface area contributed by atoms with E-state index in [1.165, 1.54) is 12.1 Å². The molecule has 0 saturated carbocycles. The van der Waals surface area contributed by atoms with E-state index in [9.17, 15) is 13.2 Å². The molecule has 0 fully saturated rings. The van der Waals surface area contributed by atoms with Crippen molar-refractivity contribution in [1.82, 2.24) is 9.71 Å². The van der Waals surface area contributed by atoms with Crippen LogP contribution in [0, 0.1) is 0 Å². The van der Waals surface area contributed by atoms with Gasteiger partial charge in [-0.05, 0) is 24.3 Å². The fourth-order valence-electron chi connectivity index (χ4n) is 1.61. The van der Waals surface area contributed by atoms with Crippen LogP contribution >= 0.6 is 0 Å². The molecule has 0 spiro atoms. The number of pyridine rings is 1. The number of fused-ring (bicyclic) bond motifs is 1. The minimum atomic E-state index is -4.09. The number of amides is 1. The Hall–Kier alpha value is -2.55. The number of hydrogen-bond acceptors (Lipinski definition) is 6. The molecule has 2 rings (SSSR count). The Bertz CT molecular complexity index is 760. The molecule has 9 heteroatoms. The molecule has 1 amide bonds. The Morgan fingerprint density at radius 3 is 2.80 bits per heavy atom. The molecule has 0 bridgehead atoms. The molecule has 0 radical (unpaired) electrons. The molecule has 0 aliphatic heterocycles. The van der Waals surface area contributed by atoms with Crippen LogP contribution in [0.4, 0.5) is 16.2 Å². The first-order valence-electron chi connectivity index (χ1n) is 5.44. The van der Waals surface area contributed by atoms with Gasteiger partial charge in [0.2, 0.25) is 0 Å². The zero-order valence-corrected chi connectivity index (χ0v) is 11.3. The summed E-state index contributed by atoms with van der Waals surface area (Å²) in [5.74, 6) is 0. The van der Waals surface area contributed by atoms with Gasteiger partial charge in [-0.1, -0.05) is 0 Å². The summed E-state index contributed by atoms with van der Waals surface area (Å²) in [6.45, 7) is 0. The Kier molecular flexibility index (Phi) is 3.61. The molecular formula is C11H12N4O4S. The number of rotatable bonds is 3. The second-order valence-corrected chi connectivity index (χ2v) is 5.22. The topological polar surface area (TPSA) is 123 Å². The first kappa shape index (κ1) is 13.9. The highest BCUT2D eigenvalue weighted by atomic mass is 32.2. The number of benzene rings is 1. The Morgan fingerprint density at radius 2 is 2.10 bits per heavy atom. The summed E-state index contributed by atoms with van der Waals surface area (Å²) in [5, 5.41) is 0.516. The predicted octanol–water partition coefficient (Wildman–Crippen LogP) is 0.830. The van der Waals surface area contributed by atoms with Crippen molar-refractivity contribution in [2.75, 3.05) is 17.6 Å². The van der Waals surface area contributed by atoms with E-state index in [0.29, 0.717) is 16.6 Å². The number of nitrogen functional groups attached to an aromatic ring is 1. The van der Waals surface area contributed by atoms with Gasteiger partial charge in [0.15, 0.2) is 0 Å². The van der Waals surface area contributed by atoms with Crippen molar-refractivity contribution in [3.05, 3.63) is 30.5 Å². The van der Waals surface area contributed by atoms with Crippen LogP contribution in [-0.2, 0) is 14.9 Å². The fraction of sp³-hybridized carbons (Fsp3) is 0.0909. The zero-order chi connectivity index (χ0) is 14.8. The van der Waals surface area contributed by atoms with Crippen LogP contribution in [0.25, 0.3) is 10.9 Å². The SMILES string of the molecule is COC(=O)NS(=O)(=O)Nc1ccc(N)c2ncccc12. The third kappa shape index (κ3) is 2.88. The first-order valence-corrected chi connectivity index (χ1v) is 6.93. The lowest BCUT2D eigenvalue weighted by Crippen LogP contribution is -2.35. The summed E-state index contributed by atoms with van der Waals surface area (Å²) >= 11 is 0. The summed E-state index contributed by atoms with van der Waals surface area (Å²) in [4.78, 5) is 15.0. The van der Waals surface area contributed by atoms with E-state index in [-0.39, 0.29) is 5.69 Å². The van der Waals surface area contributed by atoms with Gasteiger partial charge in [0.25, 0.3) is 0 Å². The molecule has 8 nitrogen and oxygen atoms in total. The van der Waals surface area contributed by atoms with E-state index in [1.807, 2.05) is 0 Å². The van der Waals surface area contributed by atoms with E-state index >= 15 is 0 Å². The van der Waals surface area contributed by atoms with Gasteiger partial charge in [-0.15, -0.1) is 0 Å². The first-order chi connectivity index (χ1) is 9.43. The second kappa shape index (κ2) is 5.21. The lowest BCUT2D eigenvalue weighted by Gasteiger charge is -2.11. The Balaban J connectivity index is 2.40. The lowest BCUT2D eigenvalue weighted by atomic mass is 10.1. The highest BCUT2D eigenvalue weighted by Crippen LogP contribution is 2.26. The van der Waals surface area contributed by atoms with Crippen molar-refractivity contribution in [2.24, 2.45) is 0 Å². The van der Waals surface area contributed by atoms with Crippen molar-refractivity contribution >= 4 is 38.6 Å². The van der Waals surface area contributed by atoms with Crippen molar-refractivity contribution in [1.29, 1.82) is 0 Å². The van der Waals surface area contributed by atoms with Crippen LogP contribution in [0.3, 0.4) is 0 Å². The van der Waals surface area contributed by atoms with Gasteiger partial charge in [0, 0.05) is 11.6 Å². The molecule has 1 aromatic heterocycles. The molecule has 106 valence electrons. The average Bonchev–Trinajstić information content (AvgIpc) is 2.41. The molecule has 2 aromatic rings. The van der Waals surface area contributed by atoms with Crippen LogP contribution < -0.4 is 15.2 Å². The highest BCUT2D eigenvalue weighted by molar-refractivity contribution is 7.91. The van der Waals surface area contributed by atoms with Gasteiger partial charge >= 0.3 is 16.3 Å². The van der Waals surface area contributed by atoms with Gasteiger partial charge in [0.1, 0.15) is 0 Å². The minimum Gasteiger partial charge on any atom is -0.452 e. The van der Waals surface area contributed by atoms with Gasteiger partial charge in [-0.25, -0.2) is 9.52 Å². The van der Waals surface area contributed by atoms with Gasteiger partial charge < -0.3 is 10.5 Å². The zero-order valence-electron chi connectivity index (χ0n) is 10.5. The molecule has 0 saturated heterocycles. The molecule has 20 heavy (non-hydrogen) atoms. The predicted molar refractivity (Wildman–Crippen MR) is 74.2 cm³/mol. The average molecular weight is 296 g/mol. The van der Waals surface area contributed by atoms with Crippen molar-refractivity contribution in [3.8, 4) is 0 Å². The van der Waals surface area contributed by atoms with Gasteiger partial charge in [-0.3, -0.25) is 9.71 Å². The number of anilines is 2. The maximum absolute atomic E-state index is 11.7. The monoisotopic (exact) mass is 296 g/mol. The number of hydrogen-bond donors (Lipinski definition) is 3. The molecule has 0 atom stereocenters. The van der Waals surface area contributed by atoms with Crippen molar-refractivity contribution in [3.63, 3.8) is 0 Å². The lowest BCUT2D eigenvalue weighted by molar-refractivity contribution is 0.177. The molecular weight excluding hydrogens is 284 g/mol. The molecule has 0 unspecified atom stereocenters. The second-order valence-electron chi connectivity index (χ2n) is 3.80. The van der Waals surface area contributed by atoms with Crippen LogP contribution in [0.15, 0.2) is 30.5 Å². The largest absolute Gasteiger partial charge is 0.452 e. The summed E-state index contributed by atoms with van der Waals surface area (Å²) < 4.78 is 31.6. The number of nitrogens with two attached hydrogens (primary N) is 1. The van der Waals surface area contributed by atoms with Gasteiger partial charge in [-0.2, -0.15) is 8.42 Å². The molecule has 4 N–H and O–H groups in total. The number of nitrogens with zero attached hydrogens (tertiary/aromatic N) is 1. The number of carbonyl (C=O) groups is 1. The molecule has 0 aliphatic carbocycles. The minimum absolute atomic E-state index is 0.249. The third-order valence-electron chi connectivity index (χ3n) is 2.45. The van der Waals surface area contributed by atoms with E-state index in [2.05, 4.69) is 14.4 Å². The van der Waals surface area contributed by atoms with Crippen LogP contribution in [0.5, 0.6) is 0 Å². The smallest absolute Gasteiger partial charge is 0.422 e. The fourth-order valence-corrected chi connectivity index (χ4v) is 2.43.